The molecule has 0 saturated carbocycles. The van der Waals surface area contributed by atoms with Gasteiger partial charge >= 0.3 is 0 Å². The van der Waals surface area contributed by atoms with Crippen molar-refractivity contribution in [3.8, 4) is 11.5 Å². The Labute approximate surface area is 113 Å². The summed E-state index contributed by atoms with van der Waals surface area (Å²) in [5, 5.41) is 12.0. The standard InChI is InChI=1S/C16H19NO2/c1-17-12-14-4-8-16(9-5-14)19-15-6-2-13(3-7-15)10-11-18/h2-9,17-18H,10-12H2,1H3. The fraction of sp³-hybridized carbons (Fsp3) is 0.250. The first-order valence-corrected chi connectivity index (χ1v) is 6.43. The maximum atomic E-state index is 8.86. The van der Waals surface area contributed by atoms with Crippen molar-refractivity contribution in [1.82, 2.24) is 5.32 Å². The molecule has 0 unspecified atom stereocenters. The van der Waals surface area contributed by atoms with E-state index in [4.69, 9.17) is 9.84 Å². The minimum Gasteiger partial charge on any atom is -0.457 e. The summed E-state index contributed by atoms with van der Waals surface area (Å²) in [5.41, 5.74) is 2.34. The third-order valence-electron chi connectivity index (χ3n) is 2.86. The van der Waals surface area contributed by atoms with Gasteiger partial charge in [-0.1, -0.05) is 24.3 Å². The highest BCUT2D eigenvalue weighted by molar-refractivity contribution is 5.34. The Hall–Kier alpha value is -1.84. The largest absolute Gasteiger partial charge is 0.457 e. The van der Waals surface area contributed by atoms with Gasteiger partial charge in [0, 0.05) is 13.2 Å². The minimum atomic E-state index is 0.174. The molecule has 0 aliphatic heterocycles. The van der Waals surface area contributed by atoms with Crippen LogP contribution in [-0.2, 0) is 13.0 Å². The van der Waals surface area contributed by atoms with E-state index in [1.54, 1.807) is 0 Å². The molecule has 0 heterocycles. The molecule has 0 bridgehead atoms. The molecule has 2 rings (SSSR count). The van der Waals surface area contributed by atoms with Gasteiger partial charge in [0.2, 0.25) is 0 Å². The molecule has 0 fully saturated rings. The van der Waals surface area contributed by atoms with E-state index < -0.39 is 0 Å². The lowest BCUT2D eigenvalue weighted by atomic mass is 10.1. The number of aliphatic hydroxyl groups excluding tert-OH is 1. The monoisotopic (exact) mass is 257 g/mol. The molecule has 0 saturated heterocycles. The normalized spacial score (nSPS) is 10.4. The number of hydrogen-bond acceptors (Lipinski definition) is 3. The molecule has 0 aliphatic carbocycles. The average Bonchev–Trinajstić information content (AvgIpc) is 2.44. The van der Waals surface area contributed by atoms with Crippen LogP contribution in [0.15, 0.2) is 48.5 Å². The number of ether oxygens (including phenoxy) is 1. The van der Waals surface area contributed by atoms with Gasteiger partial charge in [-0.3, -0.25) is 0 Å². The van der Waals surface area contributed by atoms with E-state index in [9.17, 15) is 0 Å². The summed E-state index contributed by atoms with van der Waals surface area (Å²) in [7, 11) is 1.93. The van der Waals surface area contributed by atoms with Crippen molar-refractivity contribution in [3.63, 3.8) is 0 Å². The number of aliphatic hydroxyl groups is 1. The Balaban J connectivity index is 1.99. The first kappa shape index (κ1) is 13.6. The molecule has 0 aromatic heterocycles. The molecule has 0 radical (unpaired) electrons. The highest BCUT2D eigenvalue weighted by Crippen LogP contribution is 2.22. The Morgan fingerprint density at radius 3 is 1.89 bits per heavy atom. The quantitative estimate of drug-likeness (QED) is 0.836. The summed E-state index contributed by atoms with van der Waals surface area (Å²) in [6, 6.07) is 15.8. The fourth-order valence-electron chi connectivity index (χ4n) is 1.87. The molecule has 0 amide bonds. The first-order chi connectivity index (χ1) is 9.31. The van der Waals surface area contributed by atoms with Crippen LogP contribution in [0.1, 0.15) is 11.1 Å². The predicted octanol–water partition coefficient (Wildman–Crippen LogP) is 2.73. The Morgan fingerprint density at radius 1 is 0.895 bits per heavy atom. The SMILES string of the molecule is CNCc1ccc(Oc2ccc(CCO)cc2)cc1. The number of benzene rings is 2. The molecule has 2 aromatic rings. The molecular weight excluding hydrogens is 238 g/mol. The summed E-state index contributed by atoms with van der Waals surface area (Å²) in [4.78, 5) is 0. The van der Waals surface area contributed by atoms with Crippen LogP contribution >= 0.6 is 0 Å². The van der Waals surface area contributed by atoms with Crippen LogP contribution in [0.3, 0.4) is 0 Å². The lowest BCUT2D eigenvalue weighted by molar-refractivity contribution is 0.299. The topological polar surface area (TPSA) is 41.5 Å². The minimum absolute atomic E-state index is 0.174. The van der Waals surface area contributed by atoms with E-state index in [1.807, 2.05) is 55.6 Å². The Morgan fingerprint density at radius 2 is 1.42 bits per heavy atom. The maximum Gasteiger partial charge on any atom is 0.127 e. The third-order valence-corrected chi connectivity index (χ3v) is 2.86. The van der Waals surface area contributed by atoms with Gasteiger partial charge in [-0.05, 0) is 48.9 Å². The van der Waals surface area contributed by atoms with Crippen molar-refractivity contribution >= 4 is 0 Å². The second kappa shape index (κ2) is 6.92. The summed E-state index contributed by atoms with van der Waals surface area (Å²) in [5.74, 6) is 1.64. The van der Waals surface area contributed by atoms with Crippen molar-refractivity contribution in [2.45, 2.75) is 13.0 Å². The van der Waals surface area contributed by atoms with Crippen molar-refractivity contribution in [3.05, 3.63) is 59.7 Å². The van der Waals surface area contributed by atoms with E-state index in [0.717, 1.165) is 23.6 Å². The summed E-state index contributed by atoms with van der Waals surface area (Å²) < 4.78 is 5.76. The molecule has 3 heteroatoms. The van der Waals surface area contributed by atoms with Gasteiger partial charge in [-0.15, -0.1) is 0 Å². The highest BCUT2D eigenvalue weighted by Gasteiger charge is 1.98. The first-order valence-electron chi connectivity index (χ1n) is 6.43. The van der Waals surface area contributed by atoms with Gasteiger partial charge < -0.3 is 15.2 Å². The lowest BCUT2D eigenvalue weighted by Crippen LogP contribution is -2.04. The molecular formula is C16H19NO2. The van der Waals surface area contributed by atoms with Crippen molar-refractivity contribution in [1.29, 1.82) is 0 Å². The second-order valence-electron chi connectivity index (χ2n) is 4.39. The van der Waals surface area contributed by atoms with Gasteiger partial charge in [0.15, 0.2) is 0 Å². The van der Waals surface area contributed by atoms with Gasteiger partial charge in [0.25, 0.3) is 0 Å². The summed E-state index contributed by atoms with van der Waals surface area (Å²) in [6.45, 7) is 1.03. The average molecular weight is 257 g/mol. The molecule has 0 atom stereocenters. The van der Waals surface area contributed by atoms with Gasteiger partial charge in [-0.25, -0.2) is 0 Å². The van der Waals surface area contributed by atoms with E-state index in [-0.39, 0.29) is 6.61 Å². The van der Waals surface area contributed by atoms with E-state index in [1.165, 1.54) is 5.56 Å². The van der Waals surface area contributed by atoms with Crippen LogP contribution in [-0.4, -0.2) is 18.8 Å². The maximum absolute atomic E-state index is 8.86. The number of hydrogen-bond donors (Lipinski definition) is 2. The molecule has 19 heavy (non-hydrogen) atoms. The molecule has 0 spiro atoms. The molecule has 2 N–H and O–H groups in total. The van der Waals surface area contributed by atoms with E-state index in [0.29, 0.717) is 6.42 Å². The molecule has 0 aliphatic rings. The predicted molar refractivity (Wildman–Crippen MR) is 76.5 cm³/mol. The van der Waals surface area contributed by atoms with Crippen LogP contribution in [0.2, 0.25) is 0 Å². The zero-order chi connectivity index (χ0) is 13.5. The Bertz CT molecular complexity index is 444. The summed E-state index contributed by atoms with van der Waals surface area (Å²) in [6.07, 6.45) is 0.680. The smallest absolute Gasteiger partial charge is 0.127 e. The number of nitrogens with one attached hydrogen (secondary N) is 1. The molecule has 2 aromatic carbocycles. The Kier molecular flexibility index (Phi) is 4.95. The van der Waals surface area contributed by atoms with Crippen LogP contribution in [0.4, 0.5) is 0 Å². The zero-order valence-electron chi connectivity index (χ0n) is 11.1. The lowest BCUT2D eigenvalue weighted by Gasteiger charge is -2.07. The van der Waals surface area contributed by atoms with E-state index >= 15 is 0 Å². The van der Waals surface area contributed by atoms with Crippen LogP contribution in [0, 0.1) is 0 Å². The van der Waals surface area contributed by atoms with Crippen LogP contribution in [0.5, 0.6) is 11.5 Å². The second-order valence-corrected chi connectivity index (χ2v) is 4.39. The fourth-order valence-corrected chi connectivity index (χ4v) is 1.87. The highest BCUT2D eigenvalue weighted by atomic mass is 16.5. The van der Waals surface area contributed by atoms with E-state index in [2.05, 4.69) is 5.32 Å². The third kappa shape index (κ3) is 4.09. The van der Waals surface area contributed by atoms with Crippen molar-refractivity contribution in [2.75, 3.05) is 13.7 Å². The molecule has 3 nitrogen and oxygen atoms in total. The molecule has 100 valence electrons. The van der Waals surface area contributed by atoms with Gasteiger partial charge in [0.1, 0.15) is 11.5 Å². The zero-order valence-corrected chi connectivity index (χ0v) is 11.1. The van der Waals surface area contributed by atoms with Crippen LogP contribution < -0.4 is 10.1 Å². The van der Waals surface area contributed by atoms with Crippen LogP contribution in [0.25, 0.3) is 0 Å². The van der Waals surface area contributed by atoms with Crippen molar-refractivity contribution < 1.29 is 9.84 Å². The van der Waals surface area contributed by atoms with Gasteiger partial charge in [0.05, 0.1) is 0 Å². The number of rotatable bonds is 6. The summed E-state index contributed by atoms with van der Waals surface area (Å²) >= 11 is 0. The van der Waals surface area contributed by atoms with Gasteiger partial charge in [-0.2, -0.15) is 0 Å². The van der Waals surface area contributed by atoms with Crippen molar-refractivity contribution in [2.24, 2.45) is 0 Å².